The van der Waals surface area contributed by atoms with Gasteiger partial charge in [0.1, 0.15) is 19.0 Å². The maximum absolute atomic E-state index is 12.2. The minimum Gasteiger partial charge on any atom is -0.480 e. The van der Waals surface area contributed by atoms with Crippen LogP contribution in [0.2, 0.25) is 0 Å². The Balaban J connectivity index is 1.86. The van der Waals surface area contributed by atoms with E-state index < -0.39 is 5.97 Å². The lowest BCUT2D eigenvalue weighted by molar-refractivity contribution is -0.141. The highest BCUT2D eigenvalue weighted by molar-refractivity contribution is 5.84. The molecule has 0 aromatic heterocycles. The van der Waals surface area contributed by atoms with Crippen molar-refractivity contribution in [3.8, 4) is 11.8 Å². The topological polar surface area (TPSA) is 95.9 Å². The maximum atomic E-state index is 12.2. The molecule has 2 atom stereocenters. The second-order valence-corrected chi connectivity index (χ2v) is 6.33. The zero-order valence-corrected chi connectivity index (χ0v) is 14.7. The summed E-state index contributed by atoms with van der Waals surface area (Å²) in [5.74, 6) is 5.17. The van der Waals surface area contributed by atoms with E-state index in [9.17, 15) is 9.59 Å². The van der Waals surface area contributed by atoms with Gasteiger partial charge in [0, 0.05) is 37.6 Å². The van der Waals surface area contributed by atoms with Gasteiger partial charge in [-0.3, -0.25) is 4.79 Å². The van der Waals surface area contributed by atoms with E-state index in [0.717, 1.165) is 17.7 Å². The number of carboxylic acid groups (broad SMARTS) is 1. The monoisotopic (exact) mass is 359 g/mol. The predicted molar refractivity (Wildman–Crippen MR) is 97.8 cm³/mol. The number of benzene rings is 1. The molecule has 0 spiro atoms. The molecule has 3 N–H and O–H groups in total. The number of carboxylic acids is 1. The first kappa shape index (κ1) is 20.0. The molecule has 26 heavy (non-hydrogen) atoms. The smallest absolute Gasteiger partial charge is 0.329 e. The number of carbonyl (C=O) groups is 2. The second-order valence-electron chi connectivity index (χ2n) is 6.33. The third kappa shape index (κ3) is 6.17. The van der Waals surface area contributed by atoms with Crippen molar-refractivity contribution < 1.29 is 24.5 Å². The number of ketones is 1. The molecule has 0 unspecified atom stereocenters. The number of anilines is 1. The van der Waals surface area contributed by atoms with Crippen molar-refractivity contribution in [3.63, 3.8) is 0 Å². The van der Waals surface area contributed by atoms with E-state index in [-0.39, 0.29) is 37.4 Å². The summed E-state index contributed by atoms with van der Waals surface area (Å²) >= 11 is 0. The molecule has 0 radical (unpaired) electrons. The number of nitrogens with one attached hydrogen (secondary N) is 1. The molecule has 6 nitrogen and oxygen atoms in total. The first-order valence-corrected chi connectivity index (χ1v) is 8.82. The third-order valence-electron chi connectivity index (χ3n) is 4.54. The van der Waals surface area contributed by atoms with E-state index in [1.807, 2.05) is 24.3 Å². The molecule has 0 saturated heterocycles. The van der Waals surface area contributed by atoms with E-state index in [4.69, 9.17) is 14.9 Å². The van der Waals surface area contributed by atoms with Gasteiger partial charge in [-0.25, -0.2) is 4.79 Å². The van der Waals surface area contributed by atoms with Gasteiger partial charge in [-0.2, -0.15) is 0 Å². The molecular weight excluding hydrogens is 334 g/mol. The van der Waals surface area contributed by atoms with Crippen LogP contribution in [0.3, 0.4) is 0 Å². The number of hydrogen-bond acceptors (Lipinski definition) is 5. The summed E-state index contributed by atoms with van der Waals surface area (Å²) in [5, 5.41) is 21.0. The highest BCUT2D eigenvalue weighted by Gasteiger charge is 2.33. The summed E-state index contributed by atoms with van der Waals surface area (Å²) in [6, 6.07) is 7.79. The first-order valence-electron chi connectivity index (χ1n) is 8.82. The SMILES string of the molecule is O=C(O)COCC#CC[C@H]1CCC(=O)[C@@H]1CNc1ccccc1CCO. The third-order valence-corrected chi connectivity index (χ3v) is 4.54. The zero-order valence-electron chi connectivity index (χ0n) is 14.7. The summed E-state index contributed by atoms with van der Waals surface area (Å²) in [5.41, 5.74) is 1.99. The molecule has 1 aromatic carbocycles. The van der Waals surface area contributed by atoms with Crippen LogP contribution in [0.15, 0.2) is 24.3 Å². The van der Waals surface area contributed by atoms with Crippen LogP contribution >= 0.6 is 0 Å². The highest BCUT2D eigenvalue weighted by atomic mass is 16.5. The minimum absolute atomic E-state index is 0.0774. The lowest BCUT2D eigenvalue weighted by Crippen LogP contribution is -2.24. The summed E-state index contributed by atoms with van der Waals surface area (Å²) in [7, 11) is 0. The molecule has 0 aliphatic heterocycles. The molecule has 6 heteroatoms. The molecule has 1 saturated carbocycles. The normalized spacial score (nSPS) is 19.0. The summed E-state index contributed by atoms with van der Waals surface area (Å²) in [6.07, 6.45) is 2.58. The highest BCUT2D eigenvalue weighted by Crippen LogP contribution is 2.31. The Morgan fingerprint density at radius 2 is 2.12 bits per heavy atom. The number of para-hydroxylation sites is 1. The Bertz CT molecular complexity index is 676. The van der Waals surface area contributed by atoms with Gasteiger partial charge in [-0.1, -0.05) is 24.1 Å². The van der Waals surface area contributed by atoms with Gasteiger partial charge in [-0.05, 0) is 30.4 Å². The number of rotatable bonds is 9. The summed E-state index contributed by atoms with van der Waals surface area (Å²) in [6.45, 7) is 0.382. The Labute approximate surface area is 153 Å². The van der Waals surface area contributed by atoms with Gasteiger partial charge < -0.3 is 20.3 Å². The van der Waals surface area contributed by atoms with E-state index in [0.29, 0.717) is 25.8 Å². The Morgan fingerprint density at radius 3 is 2.88 bits per heavy atom. The number of Topliss-reactive ketones (excluding diaryl/α,β-unsaturated/α-hetero) is 1. The van der Waals surface area contributed by atoms with Gasteiger partial charge in [-0.15, -0.1) is 5.92 Å². The second kappa shape index (κ2) is 10.6. The van der Waals surface area contributed by atoms with Crippen molar-refractivity contribution in [2.75, 3.05) is 31.7 Å². The molecule has 0 heterocycles. The molecule has 0 bridgehead atoms. The van der Waals surface area contributed by atoms with Gasteiger partial charge in [0.2, 0.25) is 0 Å². The number of aliphatic hydroxyl groups excluding tert-OH is 1. The number of hydrogen-bond donors (Lipinski definition) is 3. The lowest BCUT2D eigenvalue weighted by atomic mass is 9.92. The first-order chi connectivity index (χ1) is 12.6. The van der Waals surface area contributed by atoms with Gasteiger partial charge in [0.05, 0.1) is 0 Å². The largest absolute Gasteiger partial charge is 0.480 e. The Morgan fingerprint density at radius 1 is 1.31 bits per heavy atom. The minimum atomic E-state index is -1.01. The Hall–Kier alpha value is -2.36. The van der Waals surface area contributed by atoms with E-state index >= 15 is 0 Å². The van der Waals surface area contributed by atoms with Gasteiger partial charge in [0.15, 0.2) is 0 Å². The van der Waals surface area contributed by atoms with Crippen molar-refractivity contribution in [2.45, 2.75) is 25.7 Å². The average molecular weight is 359 g/mol. The fourth-order valence-electron chi connectivity index (χ4n) is 3.20. The van der Waals surface area contributed by atoms with E-state index in [1.54, 1.807) is 0 Å². The molecule has 1 aromatic rings. The average Bonchev–Trinajstić information content (AvgIpc) is 2.97. The van der Waals surface area contributed by atoms with Crippen LogP contribution < -0.4 is 5.32 Å². The number of aliphatic hydroxyl groups is 1. The van der Waals surface area contributed by atoms with Crippen molar-refractivity contribution in [1.29, 1.82) is 0 Å². The Kier molecular flexibility index (Phi) is 8.13. The van der Waals surface area contributed by atoms with Crippen molar-refractivity contribution in [3.05, 3.63) is 29.8 Å². The van der Waals surface area contributed by atoms with Crippen molar-refractivity contribution in [1.82, 2.24) is 0 Å². The molecule has 1 fully saturated rings. The molecule has 140 valence electrons. The van der Waals surface area contributed by atoms with Crippen LogP contribution in [0.25, 0.3) is 0 Å². The fourth-order valence-corrected chi connectivity index (χ4v) is 3.20. The van der Waals surface area contributed by atoms with Crippen LogP contribution in [0.4, 0.5) is 5.69 Å². The van der Waals surface area contributed by atoms with E-state index in [2.05, 4.69) is 17.2 Å². The molecule has 1 aliphatic carbocycles. The standard InChI is InChI=1S/C20H25NO5/c22-11-10-16-6-1-2-7-18(16)21-13-17-15(8-9-19(17)23)5-3-4-12-26-14-20(24)25/h1-2,6-7,15,17,21-22H,5,8-14H2,(H,24,25)/t15-,17+/m0/s1. The maximum Gasteiger partial charge on any atom is 0.329 e. The molecular formula is C20H25NO5. The van der Waals surface area contributed by atoms with Crippen LogP contribution in [-0.2, 0) is 20.7 Å². The zero-order chi connectivity index (χ0) is 18.8. The molecule has 0 amide bonds. The van der Waals surface area contributed by atoms with Gasteiger partial charge in [0.25, 0.3) is 0 Å². The fraction of sp³-hybridized carbons (Fsp3) is 0.500. The lowest BCUT2D eigenvalue weighted by Gasteiger charge is -2.19. The quantitative estimate of drug-likeness (QED) is 0.459. The van der Waals surface area contributed by atoms with Crippen molar-refractivity contribution >= 4 is 17.4 Å². The number of carbonyl (C=O) groups excluding carboxylic acids is 1. The molecule has 1 aliphatic rings. The molecule has 2 rings (SSSR count). The number of aliphatic carboxylic acids is 1. The van der Waals surface area contributed by atoms with Crippen LogP contribution in [-0.4, -0.2) is 48.3 Å². The summed E-state index contributed by atoms with van der Waals surface area (Å²) in [4.78, 5) is 22.6. The van der Waals surface area contributed by atoms with Crippen LogP contribution in [0.5, 0.6) is 0 Å². The van der Waals surface area contributed by atoms with Crippen molar-refractivity contribution in [2.24, 2.45) is 11.8 Å². The predicted octanol–water partition coefficient (Wildman–Crippen LogP) is 1.72. The van der Waals surface area contributed by atoms with Gasteiger partial charge >= 0.3 is 5.97 Å². The summed E-state index contributed by atoms with van der Waals surface area (Å²) < 4.78 is 4.88. The van der Waals surface area contributed by atoms with Crippen LogP contribution in [0, 0.1) is 23.7 Å². The van der Waals surface area contributed by atoms with Crippen LogP contribution in [0.1, 0.15) is 24.8 Å². The van der Waals surface area contributed by atoms with E-state index in [1.165, 1.54) is 0 Å². The number of ether oxygens (including phenoxy) is 1.